The summed E-state index contributed by atoms with van der Waals surface area (Å²) in [6.45, 7) is 1.05. The number of benzene rings is 1. The summed E-state index contributed by atoms with van der Waals surface area (Å²) >= 11 is 0. The zero-order chi connectivity index (χ0) is 17.2. The Hall–Kier alpha value is -2.66. The van der Waals surface area contributed by atoms with E-state index in [1.807, 2.05) is 54.5 Å². The van der Waals surface area contributed by atoms with E-state index in [0.717, 1.165) is 35.4 Å². The van der Waals surface area contributed by atoms with Crippen LogP contribution in [0.15, 0.2) is 54.7 Å². The zero-order valence-electron chi connectivity index (χ0n) is 14.4. The van der Waals surface area contributed by atoms with E-state index in [1.165, 1.54) is 0 Å². The topological polar surface area (TPSA) is 49.6 Å². The number of imidazole rings is 1. The highest BCUT2D eigenvalue weighted by Gasteiger charge is 2.24. The van der Waals surface area contributed by atoms with Gasteiger partial charge in [0.2, 0.25) is 5.91 Å². The summed E-state index contributed by atoms with van der Waals surface area (Å²) in [5.74, 6) is 0.0973. The van der Waals surface area contributed by atoms with E-state index in [9.17, 15) is 4.79 Å². The second-order valence-corrected chi connectivity index (χ2v) is 6.72. The molecule has 1 fully saturated rings. The van der Waals surface area contributed by atoms with Crippen LogP contribution < -0.4 is 5.32 Å². The first-order valence-electron chi connectivity index (χ1n) is 8.70. The van der Waals surface area contributed by atoms with Crippen molar-refractivity contribution >= 4 is 11.6 Å². The number of carbonyl (C=O) groups is 1. The third-order valence-electron chi connectivity index (χ3n) is 4.45. The van der Waals surface area contributed by atoms with Crippen LogP contribution in [0.25, 0.3) is 16.9 Å². The maximum absolute atomic E-state index is 12.1. The van der Waals surface area contributed by atoms with Gasteiger partial charge in [0.05, 0.1) is 17.9 Å². The first kappa shape index (κ1) is 15.8. The molecule has 1 saturated carbocycles. The molecule has 1 aliphatic rings. The van der Waals surface area contributed by atoms with Crippen LogP contribution in [0.1, 0.15) is 18.5 Å². The fraction of sp³-hybridized carbons (Fsp3) is 0.300. The lowest BCUT2D eigenvalue weighted by Crippen LogP contribution is -2.36. The fourth-order valence-corrected chi connectivity index (χ4v) is 3.08. The normalized spacial score (nSPS) is 14.2. The first-order chi connectivity index (χ1) is 12.2. The third-order valence-corrected chi connectivity index (χ3v) is 4.45. The Morgan fingerprint density at radius 3 is 2.72 bits per heavy atom. The van der Waals surface area contributed by atoms with Crippen LogP contribution in [0.4, 0.5) is 0 Å². The largest absolute Gasteiger partial charge is 0.352 e. The molecule has 128 valence electrons. The molecule has 3 aromatic rings. The maximum Gasteiger partial charge on any atom is 0.234 e. The molecule has 5 heteroatoms. The molecule has 2 aromatic heterocycles. The van der Waals surface area contributed by atoms with Crippen LogP contribution in [0.5, 0.6) is 0 Å². The summed E-state index contributed by atoms with van der Waals surface area (Å²) in [5.41, 5.74) is 4.09. The van der Waals surface area contributed by atoms with Crippen molar-refractivity contribution in [2.24, 2.45) is 0 Å². The number of hydrogen-bond acceptors (Lipinski definition) is 3. The molecule has 0 radical (unpaired) electrons. The standard InChI is InChI=1S/C20H22N4O/c1-23(14-19(25)21-16-10-11-16)13-17-20(15-7-3-2-4-8-15)22-18-9-5-6-12-24(17)18/h2-9,12,16H,10-11,13-14H2,1H3,(H,21,25). The Morgan fingerprint density at radius 1 is 1.20 bits per heavy atom. The molecule has 0 saturated heterocycles. The summed E-state index contributed by atoms with van der Waals surface area (Å²) in [4.78, 5) is 18.9. The van der Waals surface area contributed by atoms with E-state index in [4.69, 9.17) is 4.98 Å². The second kappa shape index (κ2) is 6.69. The van der Waals surface area contributed by atoms with Crippen molar-refractivity contribution in [2.75, 3.05) is 13.6 Å². The van der Waals surface area contributed by atoms with Crippen molar-refractivity contribution in [1.29, 1.82) is 0 Å². The van der Waals surface area contributed by atoms with Crippen LogP contribution in [0.3, 0.4) is 0 Å². The minimum absolute atomic E-state index is 0.0973. The van der Waals surface area contributed by atoms with Crippen LogP contribution in [-0.4, -0.2) is 39.8 Å². The van der Waals surface area contributed by atoms with Crippen molar-refractivity contribution in [1.82, 2.24) is 19.6 Å². The lowest BCUT2D eigenvalue weighted by atomic mass is 10.1. The number of carbonyl (C=O) groups excluding carboxylic acids is 1. The van der Waals surface area contributed by atoms with Gasteiger partial charge in [0.25, 0.3) is 0 Å². The highest BCUT2D eigenvalue weighted by Crippen LogP contribution is 2.25. The fourth-order valence-electron chi connectivity index (χ4n) is 3.08. The van der Waals surface area contributed by atoms with E-state index in [-0.39, 0.29) is 5.91 Å². The van der Waals surface area contributed by atoms with Crippen molar-refractivity contribution in [3.8, 4) is 11.3 Å². The number of pyridine rings is 1. The number of nitrogens with one attached hydrogen (secondary N) is 1. The molecule has 2 heterocycles. The van der Waals surface area contributed by atoms with E-state index in [1.54, 1.807) is 0 Å². The van der Waals surface area contributed by atoms with E-state index in [2.05, 4.69) is 21.9 Å². The number of likely N-dealkylation sites (N-methyl/N-ethyl adjacent to an activating group) is 1. The summed E-state index contributed by atoms with van der Waals surface area (Å²) in [7, 11) is 1.98. The second-order valence-electron chi connectivity index (χ2n) is 6.72. The smallest absolute Gasteiger partial charge is 0.234 e. The number of nitrogens with zero attached hydrogens (tertiary/aromatic N) is 3. The van der Waals surface area contributed by atoms with Crippen molar-refractivity contribution in [3.63, 3.8) is 0 Å². The van der Waals surface area contributed by atoms with Gasteiger partial charge in [0.15, 0.2) is 0 Å². The van der Waals surface area contributed by atoms with Gasteiger partial charge in [-0.1, -0.05) is 36.4 Å². The molecule has 4 rings (SSSR count). The average Bonchev–Trinajstić information content (AvgIpc) is 3.35. The van der Waals surface area contributed by atoms with Crippen LogP contribution in [-0.2, 0) is 11.3 Å². The SMILES string of the molecule is CN(CC(=O)NC1CC1)Cc1c(-c2ccccc2)nc2ccccn12. The van der Waals surface area contributed by atoms with E-state index < -0.39 is 0 Å². The lowest BCUT2D eigenvalue weighted by molar-refractivity contribution is -0.122. The molecule has 0 spiro atoms. The summed E-state index contributed by atoms with van der Waals surface area (Å²) in [6, 6.07) is 16.6. The van der Waals surface area contributed by atoms with Crippen LogP contribution in [0, 0.1) is 0 Å². The summed E-state index contributed by atoms with van der Waals surface area (Å²) in [5, 5.41) is 3.04. The number of aromatic nitrogens is 2. The van der Waals surface area contributed by atoms with E-state index in [0.29, 0.717) is 19.1 Å². The van der Waals surface area contributed by atoms with Gasteiger partial charge < -0.3 is 9.72 Å². The molecule has 1 N–H and O–H groups in total. The van der Waals surface area contributed by atoms with Crippen molar-refractivity contribution in [3.05, 3.63) is 60.4 Å². The lowest BCUT2D eigenvalue weighted by Gasteiger charge is -2.17. The van der Waals surface area contributed by atoms with Crippen molar-refractivity contribution < 1.29 is 4.79 Å². The molecule has 1 amide bonds. The molecule has 0 unspecified atom stereocenters. The first-order valence-corrected chi connectivity index (χ1v) is 8.70. The van der Waals surface area contributed by atoms with Crippen LogP contribution >= 0.6 is 0 Å². The Bertz CT molecular complexity index is 883. The van der Waals surface area contributed by atoms with Crippen LogP contribution in [0.2, 0.25) is 0 Å². The molecular weight excluding hydrogens is 312 g/mol. The Kier molecular flexibility index (Phi) is 4.24. The highest BCUT2D eigenvalue weighted by atomic mass is 16.2. The molecule has 25 heavy (non-hydrogen) atoms. The average molecular weight is 334 g/mol. The molecule has 0 bridgehead atoms. The van der Waals surface area contributed by atoms with Gasteiger partial charge in [0.1, 0.15) is 5.65 Å². The molecule has 1 aliphatic carbocycles. The van der Waals surface area contributed by atoms with Gasteiger partial charge in [-0.25, -0.2) is 4.98 Å². The Morgan fingerprint density at radius 2 is 1.96 bits per heavy atom. The number of hydrogen-bond donors (Lipinski definition) is 1. The number of amides is 1. The minimum atomic E-state index is 0.0973. The maximum atomic E-state index is 12.1. The predicted octanol–water partition coefficient (Wildman–Crippen LogP) is 2.71. The van der Waals surface area contributed by atoms with Crippen molar-refractivity contribution in [2.45, 2.75) is 25.4 Å². The zero-order valence-corrected chi connectivity index (χ0v) is 14.4. The highest BCUT2D eigenvalue weighted by molar-refractivity contribution is 5.78. The van der Waals surface area contributed by atoms with Gasteiger partial charge in [-0.05, 0) is 32.0 Å². The Balaban J connectivity index is 1.61. The quantitative estimate of drug-likeness (QED) is 0.754. The number of fused-ring (bicyclic) bond motifs is 1. The third kappa shape index (κ3) is 3.56. The van der Waals surface area contributed by atoms with E-state index >= 15 is 0 Å². The molecule has 5 nitrogen and oxygen atoms in total. The molecule has 0 atom stereocenters. The molecular formula is C20H22N4O. The molecule has 1 aromatic carbocycles. The monoisotopic (exact) mass is 334 g/mol. The van der Waals surface area contributed by atoms with Gasteiger partial charge >= 0.3 is 0 Å². The predicted molar refractivity (Wildman–Crippen MR) is 98.1 cm³/mol. The number of rotatable bonds is 6. The van der Waals surface area contributed by atoms with Gasteiger partial charge in [0, 0.05) is 24.3 Å². The summed E-state index contributed by atoms with van der Waals surface area (Å²) < 4.78 is 2.11. The Labute approximate surface area is 147 Å². The van der Waals surface area contributed by atoms with Gasteiger partial charge in [-0.3, -0.25) is 9.69 Å². The van der Waals surface area contributed by atoms with Gasteiger partial charge in [-0.15, -0.1) is 0 Å². The van der Waals surface area contributed by atoms with Gasteiger partial charge in [-0.2, -0.15) is 0 Å². The molecule has 0 aliphatic heterocycles. The summed E-state index contributed by atoms with van der Waals surface area (Å²) in [6.07, 6.45) is 4.25. The minimum Gasteiger partial charge on any atom is -0.352 e.